The molecule has 4 nitrogen and oxygen atoms in total. The quantitative estimate of drug-likeness (QED) is 0.423. The smallest absolute Gasteiger partial charge is 0.309 e. The molecule has 1 aliphatic heterocycles. The highest BCUT2D eigenvalue weighted by molar-refractivity contribution is 6.73. The molecule has 1 saturated heterocycles. The Labute approximate surface area is 135 Å². The SMILES string of the molecule is C=CC[C@@H]1C(=O)O[C@H]2C[C@@H](O[Si](CC)(CC)CC)[C@@H](CO)[C@H]21. The zero-order chi connectivity index (χ0) is 16.3. The van der Waals surface area contributed by atoms with Gasteiger partial charge in [-0.25, -0.2) is 0 Å². The molecule has 0 aromatic heterocycles. The standard InChI is InChI=1S/C17H30O4Si/c1-5-9-12-16-13(11-18)14(10-15(16)20-17(12)19)21-22(6-2,7-3)8-4/h5,12-16,18H,1,6-11H2,2-4H3/t12-,13+,14+,15-,16+/m0/s1. The number of carbonyl (C=O) groups is 1. The zero-order valence-electron chi connectivity index (χ0n) is 14.1. The molecule has 5 heteroatoms. The average Bonchev–Trinajstić information content (AvgIpc) is 3.00. The number of hydrogen-bond donors (Lipinski definition) is 1. The Morgan fingerprint density at radius 2 is 2.00 bits per heavy atom. The molecule has 2 fully saturated rings. The third kappa shape index (κ3) is 3.03. The van der Waals surface area contributed by atoms with E-state index in [0.29, 0.717) is 6.42 Å². The fourth-order valence-electron chi connectivity index (χ4n) is 4.29. The number of hydrogen-bond acceptors (Lipinski definition) is 4. The van der Waals surface area contributed by atoms with E-state index in [1.165, 1.54) is 0 Å². The van der Waals surface area contributed by atoms with Gasteiger partial charge in [0, 0.05) is 24.9 Å². The van der Waals surface area contributed by atoms with Gasteiger partial charge in [0.25, 0.3) is 0 Å². The first-order chi connectivity index (χ1) is 10.6. The number of allylic oxidation sites excluding steroid dienone is 1. The lowest BCUT2D eigenvalue weighted by molar-refractivity contribution is -0.144. The van der Waals surface area contributed by atoms with E-state index in [9.17, 15) is 9.90 Å². The van der Waals surface area contributed by atoms with Crippen LogP contribution < -0.4 is 0 Å². The summed E-state index contributed by atoms with van der Waals surface area (Å²) in [6, 6.07) is 3.29. The molecular formula is C17H30O4Si. The van der Waals surface area contributed by atoms with Crippen LogP contribution in [0.5, 0.6) is 0 Å². The van der Waals surface area contributed by atoms with Crippen LogP contribution in [0, 0.1) is 17.8 Å². The van der Waals surface area contributed by atoms with E-state index in [0.717, 1.165) is 24.6 Å². The average molecular weight is 327 g/mol. The van der Waals surface area contributed by atoms with Crippen LogP contribution in [0.15, 0.2) is 12.7 Å². The molecule has 0 unspecified atom stereocenters. The molecule has 1 heterocycles. The molecule has 0 aromatic rings. The van der Waals surface area contributed by atoms with E-state index < -0.39 is 8.32 Å². The summed E-state index contributed by atoms with van der Waals surface area (Å²) in [6.07, 6.45) is 3.09. The minimum atomic E-state index is -1.72. The maximum absolute atomic E-state index is 12.0. The van der Waals surface area contributed by atoms with Gasteiger partial charge in [-0.15, -0.1) is 6.58 Å². The molecular weight excluding hydrogens is 296 g/mol. The third-order valence-corrected chi connectivity index (χ3v) is 10.5. The molecule has 2 rings (SSSR count). The van der Waals surface area contributed by atoms with Crippen LogP contribution in [-0.2, 0) is 14.0 Å². The second-order valence-corrected chi connectivity index (χ2v) is 11.4. The molecule has 0 spiro atoms. The minimum Gasteiger partial charge on any atom is -0.462 e. The lowest BCUT2D eigenvalue weighted by atomic mass is 9.82. The Bertz CT molecular complexity index is 399. The Hall–Kier alpha value is -0.653. The summed E-state index contributed by atoms with van der Waals surface area (Å²) in [6.45, 7) is 10.4. The van der Waals surface area contributed by atoms with Gasteiger partial charge in [-0.05, 0) is 24.6 Å². The molecule has 0 aromatic carbocycles. The van der Waals surface area contributed by atoms with Gasteiger partial charge in [0.1, 0.15) is 6.10 Å². The van der Waals surface area contributed by atoms with Crippen molar-refractivity contribution in [2.45, 2.75) is 64.0 Å². The highest BCUT2D eigenvalue weighted by Crippen LogP contribution is 2.48. The Morgan fingerprint density at radius 3 is 2.50 bits per heavy atom. The second-order valence-electron chi connectivity index (χ2n) is 6.67. The first kappa shape index (κ1) is 17.7. The predicted molar refractivity (Wildman–Crippen MR) is 88.9 cm³/mol. The van der Waals surface area contributed by atoms with Crippen LogP contribution in [0.3, 0.4) is 0 Å². The predicted octanol–water partition coefficient (Wildman–Crippen LogP) is 3.12. The number of ether oxygens (including phenoxy) is 1. The minimum absolute atomic E-state index is 0.0120. The normalized spacial score (nSPS) is 34.5. The third-order valence-electron chi connectivity index (χ3n) is 5.87. The highest BCUT2D eigenvalue weighted by atomic mass is 28.4. The van der Waals surface area contributed by atoms with E-state index in [-0.39, 0.29) is 42.5 Å². The summed E-state index contributed by atoms with van der Waals surface area (Å²) in [4.78, 5) is 12.0. The fourth-order valence-corrected chi connectivity index (χ4v) is 7.20. The van der Waals surface area contributed by atoms with Crippen molar-refractivity contribution in [2.24, 2.45) is 17.8 Å². The second kappa shape index (κ2) is 7.28. The summed E-state index contributed by atoms with van der Waals surface area (Å²) in [5, 5.41) is 9.91. The molecule has 0 bridgehead atoms. The summed E-state index contributed by atoms with van der Waals surface area (Å²) in [5.41, 5.74) is 0. The largest absolute Gasteiger partial charge is 0.462 e. The van der Waals surface area contributed by atoms with E-state index in [1.54, 1.807) is 6.08 Å². The lowest BCUT2D eigenvalue weighted by Crippen LogP contribution is -2.43. The topological polar surface area (TPSA) is 55.8 Å². The number of esters is 1. The van der Waals surface area contributed by atoms with Crippen LogP contribution >= 0.6 is 0 Å². The molecule has 5 atom stereocenters. The first-order valence-corrected chi connectivity index (χ1v) is 11.2. The monoisotopic (exact) mass is 326 g/mol. The molecule has 1 aliphatic carbocycles. The first-order valence-electron chi connectivity index (χ1n) is 8.65. The molecule has 22 heavy (non-hydrogen) atoms. The lowest BCUT2D eigenvalue weighted by Gasteiger charge is -2.35. The van der Waals surface area contributed by atoms with Crippen molar-refractivity contribution in [1.82, 2.24) is 0 Å². The molecule has 2 aliphatic rings. The van der Waals surface area contributed by atoms with Crippen molar-refractivity contribution in [3.05, 3.63) is 12.7 Å². The maximum atomic E-state index is 12.0. The Balaban J connectivity index is 2.16. The van der Waals surface area contributed by atoms with Crippen LogP contribution in [0.4, 0.5) is 0 Å². The number of aliphatic hydroxyl groups excluding tert-OH is 1. The summed E-state index contributed by atoms with van der Waals surface area (Å²) >= 11 is 0. The van der Waals surface area contributed by atoms with Crippen molar-refractivity contribution in [3.8, 4) is 0 Å². The zero-order valence-corrected chi connectivity index (χ0v) is 15.1. The number of fused-ring (bicyclic) bond motifs is 1. The summed E-state index contributed by atoms with van der Waals surface area (Å²) < 4.78 is 12.2. The van der Waals surface area contributed by atoms with E-state index in [2.05, 4.69) is 27.4 Å². The van der Waals surface area contributed by atoms with Crippen molar-refractivity contribution in [2.75, 3.05) is 6.61 Å². The molecule has 0 amide bonds. The van der Waals surface area contributed by atoms with Crippen LogP contribution in [0.25, 0.3) is 0 Å². The van der Waals surface area contributed by atoms with Crippen molar-refractivity contribution in [1.29, 1.82) is 0 Å². The summed E-state index contributed by atoms with van der Waals surface area (Å²) in [7, 11) is -1.72. The number of rotatable bonds is 8. The van der Waals surface area contributed by atoms with Gasteiger partial charge in [0.15, 0.2) is 8.32 Å². The van der Waals surface area contributed by atoms with Crippen LogP contribution in [0.2, 0.25) is 18.1 Å². The summed E-state index contributed by atoms with van der Waals surface area (Å²) in [5.74, 6) is -0.193. The molecule has 0 radical (unpaired) electrons. The Morgan fingerprint density at radius 1 is 1.36 bits per heavy atom. The number of aliphatic hydroxyl groups is 1. The van der Waals surface area contributed by atoms with E-state index in [1.807, 2.05) is 0 Å². The van der Waals surface area contributed by atoms with Crippen molar-refractivity contribution in [3.63, 3.8) is 0 Å². The fraction of sp³-hybridized carbons (Fsp3) is 0.824. The van der Waals surface area contributed by atoms with Gasteiger partial charge >= 0.3 is 5.97 Å². The van der Waals surface area contributed by atoms with Gasteiger partial charge in [-0.3, -0.25) is 4.79 Å². The molecule has 1 N–H and O–H groups in total. The molecule has 126 valence electrons. The van der Waals surface area contributed by atoms with Crippen molar-refractivity contribution >= 4 is 14.3 Å². The number of carbonyl (C=O) groups excluding carboxylic acids is 1. The van der Waals surface area contributed by atoms with Gasteiger partial charge in [0.05, 0.1) is 12.0 Å². The van der Waals surface area contributed by atoms with Gasteiger partial charge in [-0.2, -0.15) is 0 Å². The van der Waals surface area contributed by atoms with Crippen molar-refractivity contribution < 1.29 is 19.1 Å². The van der Waals surface area contributed by atoms with E-state index in [4.69, 9.17) is 9.16 Å². The van der Waals surface area contributed by atoms with Gasteiger partial charge < -0.3 is 14.3 Å². The molecule has 1 saturated carbocycles. The maximum Gasteiger partial charge on any atom is 0.309 e. The van der Waals surface area contributed by atoms with Gasteiger partial charge in [-0.1, -0.05) is 26.8 Å². The highest BCUT2D eigenvalue weighted by Gasteiger charge is 2.56. The van der Waals surface area contributed by atoms with Crippen LogP contribution in [-0.4, -0.2) is 38.2 Å². The van der Waals surface area contributed by atoms with Crippen LogP contribution in [0.1, 0.15) is 33.6 Å². The van der Waals surface area contributed by atoms with Gasteiger partial charge in [0.2, 0.25) is 0 Å². The van der Waals surface area contributed by atoms with E-state index >= 15 is 0 Å². The Kier molecular flexibility index (Phi) is 5.86.